The lowest BCUT2D eigenvalue weighted by molar-refractivity contribution is -0.136. The molecule has 0 radical (unpaired) electrons. The van der Waals surface area contributed by atoms with Crippen molar-refractivity contribution in [2.45, 2.75) is 13.0 Å². The van der Waals surface area contributed by atoms with Crippen LogP contribution in [0, 0.1) is 0 Å². The standard InChI is InChI=1S/C19H20ClN3O4/c1-11(12-7-8-15-16(9-12)27-10-26-15)21-18(24)19(25)22-14-6-4-5-13(20)17(14)23(2)3/h4-9,11H,10H2,1-3H3,(H,21,24)(H,22,25)/t11-/m0/s1. The molecule has 0 aliphatic carbocycles. The van der Waals surface area contributed by atoms with Crippen LogP contribution in [0.1, 0.15) is 18.5 Å². The molecule has 1 heterocycles. The highest BCUT2D eigenvalue weighted by atomic mass is 35.5. The molecular formula is C19H20ClN3O4. The van der Waals surface area contributed by atoms with Crippen LogP contribution < -0.4 is 25.0 Å². The van der Waals surface area contributed by atoms with Gasteiger partial charge in [0.1, 0.15) is 0 Å². The number of benzene rings is 2. The second kappa shape index (κ2) is 7.75. The highest BCUT2D eigenvalue weighted by Gasteiger charge is 2.21. The predicted molar refractivity (Wildman–Crippen MR) is 104 cm³/mol. The maximum atomic E-state index is 12.3. The number of hydrogen-bond acceptors (Lipinski definition) is 5. The van der Waals surface area contributed by atoms with Crippen LogP contribution in [-0.4, -0.2) is 32.7 Å². The molecule has 0 unspecified atom stereocenters. The van der Waals surface area contributed by atoms with Crippen molar-refractivity contribution >= 4 is 34.8 Å². The van der Waals surface area contributed by atoms with Crippen LogP contribution in [0.2, 0.25) is 5.02 Å². The van der Waals surface area contributed by atoms with E-state index < -0.39 is 11.8 Å². The Balaban J connectivity index is 1.68. The van der Waals surface area contributed by atoms with E-state index in [1.54, 1.807) is 56.3 Å². The number of ether oxygens (including phenoxy) is 2. The molecule has 1 aliphatic rings. The van der Waals surface area contributed by atoms with Gasteiger partial charge >= 0.3 is 11.8 Å². The van der Waals surface area contributed by atoms with Crippen LogP contribution in [-0.2, 0) is 9.59 Å². The first kappa shape index (κ1) is 18.8. The van der Waals surface area contributed by atoms with Crippen molar-refractivity contribution < 1.29 is 19.1 Å². The van der Waals surface area contributed by atoms with Crippen LogP contribution in [0.3, 0.4) is 0 Å². The van der Waals surface area contributed by atoms with Gasteiger partial charge in [0, 0.05) is 14.1 Å². The molecule has 2 aromatic carbocycles. The number of nitrogens with one attached hydrogen (secondary N) is 2. The number of hydrogen-bond donors (Lipinski definition) is 2. The Labute approximate surface area is 162 Å². The number of halogens is 1. The molecule has 0 fully saturated rings. The zero-order valence-electron chi connectivity index (χ0n) is 15.2. The normalized spacial score (nSPS) is 13.0. The molecule has 142 valence electrons. The van der Waals surface area contributed by atoms with Crippen LogP contribution in [0.5, 0.6) is 11.5 Å². The Bertz CT molecular complexity index is 885. The number of fused-ring (bicyclic) bond motifs is 1. The summed E-state index contributed by atoms with van der Waals surface area (Å²) in [6.07, 6.45) is 0. The molecule has 1 atom stereocenters. The van der Waals surface area contributed by atoms with Gasteiger partial charge in [-0.3, -0.25) is 9.59 Å². The molecule has 7 nitrogen and oxygen atoms in total. The molecule has 27 heavy (non-hydrogen) atoms. The fraction of sp³-hybridized carbons (Fsp3) is 0.263. The first-order valence-electron chi connectivity index (χ1n) is 8.34. The third-order valence-electron chi connectivity index (χ3n) is 4.13. The third-order valence-corrected chi connectivity index (χ3v) is 4.44. The van der Waals surface area contributed by atoms with Crippen LogP contribution >= 0.6 is 11.6 Å². The van der Waals surface area contributed by atoms with Crippen LogP contribution in [0.15, 0.2) is 36.4 Å². The van der Waals surface area contributed by atoms with Gasteiger partial charge in [0.05, 0.1) is 22.4 Å². The number of carbonyl (C=O) groups excluding carboxylic acids is 2. The summed E-state index contributed by atoms with van der Waals surface area (Å²) < 4.78 is 10.6. The third kappa shape index (κ3) is 4.09. The Morgan fingerprint density at radius 2 is 1.85 bits per heavy atom. The molecule has 3 rings (SSSR count). The average Bonchev–Trinajstić information content (AvgIpc) is 3.08. The largest absolute Gasteiger partial charge is 0.454 e. The monoisotopic (exact) mass is 389 g/mol. The molecule has 0 spiro atoms. The van der Waals surface area contributed by atoms with Crippen molar-refractivity contribution in [1.29, 1.82) is 0 Å². The minimum atomic E-state index is -0.770. The van der Waals surface area contributed by atoms with Gasteiger partial charge in [0.2, 0.25) is 6.79 Å². The summed E-state index contributed by atoms with van der Waals surface area (Å²) in [6.45, 7) is 1.96. The zero-order valence-corrected chi connectivity index (χ0v) is 16.0. The van der Waals surface area contributed by atoms with Gasteiger partial charge in [-0.1, -0.05) is 23.7 Å². The van der Waals surface area contributed by atoms with Crippen molar-refractivity contribution in [3.8, 4) is 11.5 Å². The molecule has 0 saturated heterocycles. The molecule has 0 saturated carbocycles. The minimum absolute atomic E-state index is 0.176. The van der Waals surface area contributed by atoms with Crippen molar-refractivity contribution in [1.82, 2.24) is 5.32 Å². The minimum Gasteiger partial charge on any atom is -0.454 e. The fourth-order valence-corrected chi connectivity index (χ4v) is 3.12. The summed E-state index contributed by atoms with van der Waals surface area (Å²) in [5.41, 5.74) is 1.89. The molecular weight excluding hydrogens is 370 g/mol. The summed E-state index contributed by atoms with van der Waals surface area (Å²) in [4.78, 5) is 26.4. The van der Waals surface area contributed by atoms with E-state index in [9.17, 15) is 9.59 Å². The van der Waals surface area contributed by atoms with Gasteiger partial charge in [0.15, 0.2) is 11.5 Å². The first-order chi connectivity index (χ1) is 12.9. The van der Waals surface area contributed by atoms with E-state index in [4.69, 9.17) is 21.1 Å². The van der Waals surface area contributed by atoms with Crippen molar-refractivity contribution in [3.05, 3.63) is 47.0 Å². The van der Waals surface area contributed by atoms with Crippen LogP contribution in [0.4, 0.5) is 11.4 Å². The van der Waals surface area contributed by atoms with E-state index in [2.05, 4.69) is 10.6 Å². The predicted octanol–water partition coefficient (Wildman–Crippen LogP) is 2.95. The first-order valence-corrected chi connectivity index (χ1v) is 8.72. The van der Waals surface area contributed by atoms with Crippen molar-refractivity contribution in [3.63, 3.8) is 0 Å². The zero-order chi connectivity index (χ0) is 19.6. The van der Waals surface area contributed by atoms with E-state index >= 15 is 0 Å². The van der Waals surface area contributed by atoms with E-state index in [-0.39, 0.29) is 12.8 Å². The number of carbonyl (C=O) groups is 2. The summed E-state index contributed by atoms with van der Waals surface area (Å²) >= 11 is 6.18. The maximum Gasteiger partial charge on any atom is 0.313 e. The molecule has 2 amide bonds. The van der Waals surface area contributed by atoms with Crippen LogP contribution in [0.25, 0.3) is 0 Å². The topological polar surface area (TPSA) is 79.9 Å². The van der Waals surface area contributed by atoms with E-state index in [0.717, 1.165) is 5.56 Å². The van der Waals surface area contributed by atoms with Crippen molar-refractivity contribution in [2.75, 3.05) is 31.1 Å². The van der Waals surface area contributed by atoms with Crippen molar-refractivity contribution in [2.24, 2.45) is 0 Å². The highest BCUT2D eigenvalue weighted by molar-refractivity contribution is 6.40. The molecule has 8 heteroatoms. The number of para-hydroxylation sites is 1. The lowest BCUT2D eigenvalue weighted by Crippen LogP contribution is -2.37. The lowest BCUT2D eigenvalue weighted by Gasteiger charge is -2.20. The number of rotatable bonds is 4. The molecule has 2 aromatic rings. The lowest BCUT2D eigenvalue weighted by atomic mass is 10.1. The Hall–Kier alpha value is -2.93. The molecule has 1 aliphatic heterocycles. The number of amides is 2. The average molecular weight is 390 g/mol. The summed E-state index contributed by atoms with van der Waals surface area (Å²) in [5, 5.41) is 5.76. The van der Waals surface area contributed by atoms with Gasteiger partial charge in [-0.25, -0.2) is 0 Å². The van der Waals surface area contributed by atoms with Gasteiger partial charge in [-0.15, -0.1) is 0 Å². The highest BCUT2D eigenvalue weighted by Crippen LogP contribution is 2.34. The van der Waals surface area contributed by atoms with E-state index in [1.165, 1.54) is 0 Å². The molecule has 2 N–H and O–H groups in total. The Morgan fingerprint density at radius 1 is 1.11 bits per heavy atom. The van der Waals surface area contributed by atoms with Gasteiger partial charge in [-0.05, 0) is 36.8 Å². The fourth-order valence-electron chi connectivity index (χ4n) is 2.78. The second-order valence-electron chi connectivity index (χ2n) is 6.29. The summed E-state index contributed by atoms with van der Waals surface area (Å²) in [5.74, 6) is -0.238. The number of anilines is 2. The number of nitrogens with zero attached hydrogens (tertiary/aromatic N) is 1. The summed E-state index contributed by atoms with van der Waals surface area (Å²) in [6, 6.07) is 10.1. The van der Waals surface area contributed by atoms with E-state index in [1.807, 2.05) is 6.07 Å². The summed E-state index contributed by atoms with van der Waals surface area (Å²) in [7, 11) is 3.61. The Morgan fingerprint density at radius 3 is 2.59 bits per heavy atom. The smallest absolute Gasteiger partial charge is 0.313 e. The van der Waals surface area contributed by atoms with Gasteiger partial charge in [0.25, 0.3) is 0 Å². The molecule has 0 bridgehead atoms. The SMILES string of the molecule is C[C@H](NC(=O)C(=O)Nc1cccc(Cl)c1N(C)C)c1ccc2c(c1)OCO2. The molecule has 0 aromatic heterocycles. The second-order valence-corrected chi connectivity index (χ2v) is 6.70. The van der Waals surface area contributed by atoms with Gasteiger partial charge < -0.3 is 25.0 Å². The van der Waals surface area contributed by atoms with E-state index in [0.29, 0.717) is 27.9 Å². The van der Waals surface area contributed by atoms with Gasteiger partial charge in [-0.2, -0.15) is 0 Å². The quantitative estimate of drug-likeness (QED) is 0.786. The maximum absolute atomic E-state index is 12.3. The Kier molecular flexibility index (Phi) is 5.41.